The predicted octanol–water partition coefficient (Wildman–Crippen LogP) is 9.23. The Morgan fingerprint density at radius 2 is 0.578 bits per heavy atom. The van der Waals surface area contributed by atoms with Gasteiger partial charge < -0.3 is 0 Å². The normalized spacial score (nSPS) is 20.1. The van der Waals surface area contributed by atoms with E-state index in [1.165, 1.54) is 0 Å². The first kappa shape index (κ1) is 45.7. The molecular formula is C32H72O10Si2Ti. The monoisotopic (exact) mass is 720 g/mol. The average Bonchev–Trinajstić information content (AvgIpc) is 2.89. The van der Waals surface area contributed by atoms with Crippen LogP contribution in [0.4, 0.5) is 0 Å². The van der Waals surface area contributed by atoms with Crippen molar-refractivity contribution in [2.45, 2.75) is 211 Å². The van der Waals surface area contributed by atoms with Crippen LogP contribution < -0.4 is 0 Å². The molecule has 0 saturated carbocycles. The van der Waals surface area contributed by atoms with Crippen LogP contribution in [0.5, 0.6) is 0 Å². The van der Waals surface area contributed by atoms with E-state index in [9.17, 15) is 0 Å². The molecule has 0 rings (SSSR count). The van der Waals surface area contributed by atoms with Crippen LogP contribution in [0.1, 0.15) is 163 Å². The average molecular weight is 721 g/mol. The summed E-state index contributed by atoms with van der Waals surface area (Å²) in [6.45, 7) is 35.9. The Hall–Kier alpha value is 0.748. The van der Waals surface area contributed by atoms with Crippen LogP contribution >= 0.6 is 0 Å². The van der Waals surface area contributed by atoms with Gasteiger partial charge in [-0.15, -0.1) is 0 Å². The minimum absolute atomic E-state index is 0.236. The Morgan fingerprint density at radius 1 is 0.400 bits per heavy atom. The van der Waals surface area contributed by atoms with E-state index in [0.717, 1.165) is 38.5 Å². The zero-order chi connectivity index (χ0) is 35.3. The van der Waals surface area contributed by atoms with Gasteiger partial charge in [-0.2, -0.15) is 0 Å². The molecule has 0 spiro atoms. The minimum atomic E-state index is -5.20. The molecule has 0 aromatic rings. The maximum atomic E-state index is 7.18. The van der Waals surface area contributed by atoms with E-state index in [2.05, 4.69) is 41.5 Å². The third-order valence-electron chi connectivity index (χ3n) is 6.88. The van der Waals surface area contributed by atoms with E-state index < -0.39 is 47.4 Å². The van der Waals surface area contributed by atoms with Gasteiger partial charge in [-0.25, -0.2) is 0 Å². The first-order chi connectivity index (χ1) is 20.6. The van der Waals surface area contributed by atoms with Crippen molar-refractivity contribution in [3.8, 4) is 0 Å². The third-order valence-corrected chi connectivity index (χ3v) is 19.4. The van der Waals surface area contributed by atoms with Gasteiger partial charge in [0.05, 0.1) is 0 Å². The molecule has 45 heavy (non-hydrogen) atoms. The Balaban J connectivity index is 7.88. The van der Waals surface area contributed by atoms with E-state index in [1.54, 1.807) is 0 Å². The van der Waals surface area contributed by atoms with Crippen molar-refractivity contribution in [3.63, 3.8) is 0 Å². The van der Waals surface area contributed by atoms with Crippen molar-refractivity contribution >= 4 is 18.1 Å². The predicted molar refractivity (Wildman–Crippen MR) is 180 cm³/mol. The Morgan fingerprint density at radius 3 is 0.711 bits per heavy atom. The molecule has 0 bridgehead atoms. The standard InChI is InChI=1S/2C12H27O4Si.2C4H9O.Ti/c2*1-7-10(4)14-17(13,15-11(5)8-2)16-12(6)9-3;2*1-4(2,3)5;/h2*10-12H,7-9H2,1-6H3;2*1-3H3;/q4*-1;+4. The zero-order valence-electron chi connectivity index (χ0n) is 32.3. The van der Waals surface area contributed by atoms with Gasteiger partial charge in [0.2, 0.25) is 0 Å². The van der Waals surface area contributed by atoms with Crippen molar-refractivity contribution in [1.82, 2.24) is 0 Å². The molecule has 0 N–H and O–H groups in total. The van der Waals surface area contributed by atoms with Crippen molar-refractivity contribution in [2.75, 3.05) is 0 Å². The maximum absolute atomic E-state index is 7.18. The molecular weight excluding hydrogens is 648 g/mol. The Bertz CT molecular complexity index is 668. The van der Waals surface area contributed by atoms with E-state index >= 15 is 0 Å². The molecule has 0 saturated heterocycles. The molecule has 13 heteroatoms. The summed E-state index contributed by atoms with van der Waals surface area (Å²) in [6.07, 6.45) is 2.90. The summed E-state index contributed by atoms with van der Waals surface area (Å²) in [4.78, 5) is 0. The Labute approximate surface area is 285 Å². The summed E-state index contributed by atoms with van der Waals surface area (Å²) in [5.74, 6) is 0. The van der Waals surface area contributed by atoms with Crippen LogP contribution in [0.3, 0.4) is 0 Å². The molecule has 0 aromatic heterocycles. The van der Waals surface area contributed by atoms with Crippen LogP contribution in [0.25, 0.3) is 0 Å². The van der Waals surface area contributed by atoms with Crippen LogP contribution in [0.15, 0.2) is 0 Å². The molecule has 10 nitrogen and oxygen atoms in total. The second kappa shape index (κ2) is 20.4. The van der Waals surface area contributed by atoms with Gasteiger partial charge >= 0.3 is 286 Å². The second-order valence-corrected chi connectivity index (χ2v) is 22.1. The molecule has 0 aromatic carbocycles. The molecule has 272 valence electrons. The summed E-state index contributed by atoms with van der Waals surface area (Å²) >= 11 is -5.20. The molecule has 0 fully saturated rings. The fraction of sp³-hybridized carbons (Fsp3) is 1.00. The topological polar surface area (TPSA) is 92.3 Å². The first-order valence-electron chi connectivity index (χ1n) is 17.4. The fourth-order valence-corrected chi connectivity index (χ4v) is 17.0. The molecule has 0 heterocycles. The van der Waals surface area contributed by atoms with Gasteiger partial charge in [-0.05, 0) is 0 Å². The number of hydrogen-bond acceptors (Lipinski definition) is 10. The van der Waals surface area contributed by atoms with Crippen molar-refractivity contribution in [1.29, 1.82) is 0 Å². The molecule has 6 atom stereocenters. The van der Waals surface area contributed by atoms with Crippen molar-refractivity contribution in [3.05, 3.63) is 0 Å². The molecule has 0 aliphatic rings. The molecule has 0 aliphatic heterocycles. The van der Waals surface area contributed by atoms with Gasteiger partial charge in [0, 0.05) is 0 Å². The van der Waals surface area contributed by atoms with E-state index in [-0.39, 0.29) is 36.6 Å². The van der Waals surface area contributed by atoms with E-state index in [4.69, 9.17) is 39.2 Å². The van der Waals surface area contributed by atoms with Crippen molar-refractivity contribution < 1.29 is 57.3 Å². The summed E-state index contributed by atoms with van der Waals surface area (Å²) in [5.41, 5.74) is -1.53. The number of hydrogen-bond donors (Lipinski definition) is 0. The van der Waals surface area contributed by atoms with E-state index in [1.807, 2.05) is 83.1 Å². The Kier molecular flexibility index (Phi) is 20.8. The van der Waals surface area contributed by atoms with Crippen LogP contribution in [0.2, 0.25) is 0 Å². The van der Waals surface area contributed by atoms with Gasteiger partial charge in [0.1, 0.15) is 0 Å². The molecule has 6 unspecified atom stereocenters. The SMILES string of the molecule is CCC(C)O[Si](OC(C)CC)(OC(C)CC)[O][Ti]([O]C(C)(C)C)([O]C(C)(C)C)[O][Si](OC(C)CC)(OC(C)CC)OC(C)CC. The third kappa shape index (κ3) is 18.4. The summed E-state index contributed by atoms with van der Waals surface area (Å²) in [6, 6.07) is 0. The number of rotatable bonds is 24. The molecule has 0 aliphatic carbocycles. The summed E-state index contributed by atoms with van der Waals surface area (Å²) in [7, 11) is -8.13. The van der Waals surface area contributed by atoms with Gasteiger partial charge in [-0.1, -0.05) is 0 Å². The quantitative estimate of drug-likeness (QED) is 0.0899. The molecule has 0 amide bonds. The second-order valence-electron chi connectivity index (χ2n) is 14.2. The van der Waals surface area contributed by atoms with Gasteiger partial charge in [0.25, 0.3) is 0 Å². The van der Waals surface area contributed by atoms with Gasteiger partial charge in [-0.3, -0.25) is 0 Å². The van der Waals surface area contributed by atoms with Crippen LogP contribution in [-0.2, 0) is 57.3 Å². The zero-order valence-corrected chi connectivity index (χ0v) is 35.9. The fourth-order valence-electron chi connectivity index (χ4n) is 3.47. The van der Waals surface area contributed by atoms with E-state index in [0.29, 0.717) is 0 Å². The molecule has 0 radical (unpaired) electrons. The summed E-state index contributed by atoms with van der Waals surface area (Å²) < 4.78 is 68.5. The first-order valence-corrected chi connectivity index (χ1v) is 23.2. The summed E-state index contributed by atoms with van der Waals surface area (Å²) in [5, 5.41) is 0. The van der Waals surface area contributed by atoms with Crippen molar-refractivity contribution in [2.24, 2.45) is 0 Å². The van der Waals surface area contributed by atoms with Gasteiger partial charge in [0.15, 0.2) is 0 Å². The van der Waals surface area contributed by atoms with Crippen LogP contribution in [0, 0.1) is 0 Å². The van der Waals surface area contributed by atoms with Crippen LogP contribution in [-0.4, -0.2) is 65.9 Å².